The molecule has 0 unspecified atom stereocenters. The van der Waals surface area contributed by atoms with Crippen molar-refractivity contribution >= 4 is 12.0 Å². The molecule has 31 heavy (non-hydrogen) atoms. The largest absolute Gasteiger partial charge is 0.494 e. The standard InChI is InChI=1S/C21H27N5O5/c1-24-8-10-26(11-9-24)21(30)23-16(20(28)29)12-14-4-6-15(7-5-14)18-17(31-3)13-22-25(2)19(18)27/h4-7,13,16H,8-12H2,1-3H3,(H,23,30)(H,28,29)/t16-/m0/s1. The molecular formula is C21H27N5O5. The van der Waals surface area contributed by atoms with Gasteiger partial charge < -0.3 is 25.0 Å². The van der Waals surface area contributed by atoms with Crippen molar-refractivity contribution in [3.8, 4) is 16.9 Å². The molecule has 2 aromatic rings. The molecule has 0 aliphatic carbocycles. The zero-order chi connectivity index (χ0) is 22.5. The van der Waals surface area contributed by atoms with Crippen LogP contribution in [0.1, 0.15) is 5.56 Å². The van der Waals surface area contributed by atoms with Crippen LogP contribution in [0.4, 0.5) is 4.79 Å². The van der Waals surface area contributed by atoms with Gasteiger partial charge >= 0.3 is 12.0 Å². The third-order valence-electron chi connectivity index (χ3n) is 5.39. The molecule has 0 saturated carbocycles. The molecule has 2 heterocycles. The van der Waals surface area contributed by atoms with Crippen molar-refractivity contribution in [3.05, 3.63) is 46.4 Å². The highest BCUT2D eigenvalue weighted by atomic mass is 16.5. The van der Waals surface area contributed by atoms with Crippen molar-refractivity contribution in [2.45, 2.75) is 12.5 Å². The van der Waals surface area contributed by atoms with E-state index in [-0.39, 0.29) is 18.0 Å². The number of aliphatic carboxylic acids is 1. The van der Waals surface area contributed by atoms with Gasteiger partial charge in [-0.25, -0.2) is 14.3 Å². The van der Waals surface area contributed by atoms with Gasteiger partial charge in [-0.05, 0) is 18.2 Å². The minimum atomic E-state index is -1.10. The normalized spacial score (nSPS) is 15.4. The van der Waals surface area contributed by atoms with E-state index in [1.807, 2.05) is 7.05 Å². The molecule has 1 aromatic carbocycles. The number of carbonyl (C=O) groups is 2. The highest BCUT2D eigenvalue weighted by Gasteiger charge is 2.25. The van der Waals surface area contributed by atoms with Crippen LogP contribution in [0, 0.1) is 0 Å². The van der Waals surface area contributed by atoms with Crippen LogP contribution in [0.5, 0.6) is 5.75 Å². The number of urea groups is 1. The van der Waals surface area contributed by atoms with Gasteiger partial charge in [0.25, 0.3) is 5.56 Å². The van der Waals surface area contributed by atoms with E-state index in [0.717, 1.165) is 18.7 Å². The van der Waals surface area contributed by atoms with E-state index in [4.69, 9.17) is 4.74 Å². The molecule has 1 saturated heterocycles. The Hall–Kier alpha value is -3.40. The number of carboxylic acids is 1. The number of hydrogen-bond donors (Lipinski definition) is 2. The van der Waals surface area contributed by atoms with Crippen molar-refractivity contribution in [1.82, 2.24) is 24.9 Å². The second-order valence-corrected chi connectivity index (χ2v) is 7.55. The summed E-state index contributed by atoms with van der Waals surface area (Å²) in [5, 5.41) is 16.1. The number of amides is 2. The zero-order valence-corrected chi connectivity index (χ0v) is 17.9. The predicted molar refractivity (Wildman–Crippen MR) is 114 cm³/mol. The van der Waals surface area contributed by atoms with Gasteiger partial charge in [-0.2, -0.15) is 5.10 Å². The molecule has 3 rings (SSSR count). The third kappa shape index (κ3) is 5.21. The van der Waals surface area contributed by atoms with Crippen LogP contribution in [0.15, 0.2) is 35.3 Å². The van der Waals surface area contributed by atoms with Crippen molar-refractivity contribution < 1.29 is 19.4 Å². The number of likely N-dealkylation sites (N-methyl/N-ethyl adjacent to an activating group) is 1. The van der Waals surface area contributed by atoms with Gasteiger partial charge in [0.1, 0.15) is 6.04 Å². The number of piperazine rings is 1. The van der Waals surface area contributed by atoms with Crippen LogP contribution in [0.2, 0.25) is 0 Å². The summed E-state index contributed by atoms with van der Waals surface area (Å²) in [5.74, 6) is -0.741. The van der Waals surface area contributed by atoms with Crippen LogP contribution in [0.25, 0.3) is 11.1 Å². The van der Waals surface area contributed by atoms with Crippen LogP contribution in [-0.4, -0.2) is 83.1 Å². The van der Waals surface area contributed by atoms with Gasteiger partial charge in [0.15, 0.2) is 5.75 Å². The van der Waals surface area contributed by atoms with Crippen molar-refractivity contribution in [1.29, 1.82) is 0 Å². The van der Waals surface area contributed by atoms with Crippen molar-refractivity contribution in [2.75, 3.05) is 40.3 Å². The van der Waals surface area contributed by atoms with E-state index in [2.05, 4.69) is 15.3 Å². The van der Waals surface area contributed by atoms with Crippen molar-refractivity contribution in [3.63, 3.8) is 0 Å². The van der Waals surface area contributed by atoms with E-state index in [0.29, 0.717) is 30.0 Å². The summed E-state index contributed by atoms with van der Waals surface area (Å²) in [5.41, 5.74) is 1.44. The average Bonchev–Trinajstić information content (AvgIpc) is 2.76. The predicted octanol–water partition coefficient (Wildman–Crippen LogP) is 0.409. The molecule has 10 heteroatoms. The number of methoxy groups -OCH3 is 1. The Morgan fingerprint density at radius 1 is 1.16 bits per heavy atom. The lowest BCUT2D eigenvalue weighted by Crippen LogP contribution is -2.54. The lowest BCUT2D eigenvalue weighted by molar-refractivity contribution is -0.139. The number of nitrogens with zero attached hydrogens (tertiary/aromatic N) is 4. The fourth-order valence-corrected chi connectivity index (χ4v) is 3.44. The minimum absolute atomic E-state index is 0.126. The number of nitrogens with one attached hydrogen (secondary N) is 1. The van der Waals surface area contributed by atoms with Gasteiger partial charge in [0, 0.05) is 39.6 Å². The lowest BCUT2D eigenvalue weighted by Gasteiger charge is -2.33. The van der Waals surface area contributed by atoms with E-state index < -0.39 is 12.0 Å². The van der Waals surface area contributed by atoms with Gasteiger partial charge in [0.05, 0.1) is 18.9 Å². The molecule has 0 radical (unpaired) electrons. The average molecular weight is 429 g/mol. The Bertz CT molecular complexity index is 996. The lowest BCUT2D eigenvalue weighted by atomic mass is 10.0. The molecule has 10 nitrogen and oxygen atoms in total. The van der Waals surface area contributed by atoms with E-state index >= 15 is 0 Å². The fraction of sp³-hybridized carbons (Fsp3) is 0.429. The molecule has 0 bridgehead atoms. The first kappa shape index (κ1) is 22.3. The summed E-state index contributed by atoms with van der Waals surface area (Å²) in [6.07, 6.45) is 1.60. The summed E-state index contributed by atoms with van der Waals surface area (Å²) < 4.78 is 6.48. The number of aryl methyl sites for hydroxylation is 1. The number of rotatable bonds is 6. The number of benzene rings is 1. The summed E-state index contributed by atoms with van der Waals surface area (Å²) in [6, 6.07) is 5.52. The molecule has 1 atom stereocenters. The first-order chi connectivity index (χ1) is 14.8. The first-order valence-corrected chi connectivity index (χ1v) is 9.96. The molecule has 1 aliphatic heterocycles. The summed E-state index contributed by atoms with van der Waals surface area (Å²) in [6.45, 7) is 2.63. The highest BCUT2D eigenvalue weighted by Crippen LogP contribution is 2.25. The van der Waals surface area contributed by atoms with Crippen LogP contribution >= 0.6 is 0 Å². The van der Waals surface area contributed by atoms with Crippen LogP contribution in [-0.2, 0) is 18.3 Å². The van der Waals surface area contributed by atoms with E-state index in [1.165, 1.54) is 18.0 Å². The maximum Gasteiger partial charge on any atom is 0.326 e. The summed E-state index contributed by atoms with van der Waals surface area (Å²) in [4.78, 5) is 40.4. The maximum absolute atomic E-state index is 12.5. The Balaban J connectivity index is 1.73. The number of carboxylic acid groups (broad SMARTS) is 1. The Morgan fingerprint density at radius 2 is 1.81 bits per heavy atom. The summed E-state index contributed by atoms with van der Waals surface area (Å²) in [7, 11) is 5.01. The highest BCUT2D eigenvalue weighted by molar-refractivity contribution is 5.83. The third-order valence-corrected chi connectivity index (χ3v) is 5.39. The second-order valence-electron chi connectivity index (χ2n) is 7.55. The molecule has 0 spiro atoms. The van der Waals surface area contributed by atoms with Gasteiger partial charge in [-0.1, -0.05) is 24.3 Å². The van der Waals surface area contributed by atoms with Crippen LogP contribution in [0.3, 0.4) is 0 Å². The number of aromatic nitrogens is 2. The van der Waals surface area contributed by atoms with Crippen LogP contribution < -0.4 is 15.6 Å². The Labute approximate surface area is 180 Å². The molecule has 1 fully saturated rings. The monoisotopic (exact) mass is 429 g/mol. The zero-order valence-electron chi connectivity index (χ0n) is 17.9. The fourth-order valence-electron chi connectivity index (χ4n) is 3.44. The number of ether oxygens (including phenoxy) is 1. The smallest absolute Gasteiger partial charge is 0.326 e. The second kappa shape index (κ2) is 9.61. The molecule has 1 aromatic heterocycles. The molecular weight excluding hydrogens is 402 g/mol. The topological polar surface area (TPSA) is 117 Å². The molecule has 2 N–H and O–H groups in total. The van der Waals surface area contributed by atoms with Gasteiger partial charge in [-0.3, -0.25) is 4.79 Å². The maximum atomic E-state index is 12.5. The number of hydrogen-bond acceptors (Lipinski definition) is 6. The Morgan fingerprint density at radius 3 is 2.39 bits per heavy atom. The van der Waals surface area contributed by atoms with Crippen molar-refractivity contribution in [2.24, 2.45) is 7.05 Å². The first-order valence-electron chi connectivity index (χ1n) is 9.96. The molecule has 2 amide bonds. The van der Waals surface area contributed by atoms with E-state index in [9.17, 15) is 19.5 Å². The van der Waals surface area contributed by atoms with Gasteiger partial charge in [0.2, 0.25) is 0 Å². The number of carbonyl (C=O) groups excluding carboxylic acids is 1. The van der Waals surface area contributed by atoms with E-state index in [1.54, 1.807) is 36.2 Å². The SMILES string of the molecule is COc1cnn(C)c(=O)c1-c1ccc(C[C@H](NC(=O)N2CCN(C)CC2)C(=O)O)cc1. The Kier molecular flexibility index (Phi) is 6.91. The quantitative estimate of drug-likeness (QED) is 0.683. The summed E-state index contributed by atoms with van der Waals surface area (Å²) >= 11 is 0. The molecule has 1 aliphatic rings. The van der Waals surface area contributed by atoms with Gasteiger partial charge in [-0.15, -0.1) is 0 Å². The molecule has 166 valence electrons. The minimum Gasteiger partial charge on any atom is -0.494 e.